The van der Waals surface area contributed by atoms with E-state index in [1.165, 1.54) is 5.56 Å². The van der Waals surface area contributed by atoms with Crippen LogP contribution in [0.4, 0.5) is 0 Å². The quantitative estimate of drug-likeness (QED) is 0.781. The van der Waals surface area contributed by atoms with Crippen molar-refractivity contribution in [2.45, 2.75) is 46.8 Å². The molecule has 1 aromatic heterocycles. The minimum atomic E-state index is -0.265. The third-order valence-electron chi connectivity index (χ3n) is 3.11. The van der Waals surface area contributed by atoms with Crippen LogP contribution in [0, 0.1) is 19.8 Å². The van der Waals surface area contributed by atoms with E-state index >= 15 is 0 Å². The molecule has 1 rings (SSSR count). The van der Waals surface area contributed by atoms with Crippen molar-refractivity contribution >= 4 is 0 Å². The summed E-state index contributed by atoms with van der Waals surface area (Å²) in [5.41, 5.74) is 1.17. The first-order valence-electron chi connectivity index (χ1n) is 5.99. The maximum absolute atomic E-state index is 9.78. The fourth-order valence-corrected chi connectivity index (χ4v) is 1.69. The zero-order valence-corrected chi connectivity index (χ0v) is 10.7. The van der Waals surface area contributed by atoms with E-state index in [0.29, 0.717) is 12.5 Å². The highest BCUT2D eigenvalue weighted by molar-refractivity contribution is 5.19. The molecule has 0 aliphatic heterocycles. The van der Waals surface area contributed by atoms with Gasteiger partial charge in [-0.2, -0.15) is 0 Å². The van der Waals surface area contributed by atoms with E-state index in [1.54, 1.807) is 0 Å². The minimum absolute atomic E-state index is 0.265. The summed E-state index contributed by atoms with van der Waals surface area (Å²) < 4.78 is 5.44. The Labute approximate surface area is 97.9 Å². The van der Waals surface area contributed by atoms with Crippen molar-refractivity contribution in [2.24, 2.45) is 5.92 Å². The summed E-state index contributed by atoms with van der Waals surface area (Å²) in [5, 5.41) is 13.0. The molecule has 1 heterocycles. The number of aliphatic hydroxyl groups is 1. The lowest BCUT2D eigenvalue weighted by atomic mass is 10.0. The van der Waals surface area contributed by atoms with E-state index in [-0.39, 0.29) is 6.10 Å². The van der Waals surface area contributed by atoms with Crippen LogP contribution >= 0.6 is 0 Å². The molecular formula is C13H23NO2. The van der Waals surface area contributed by atoms with Crippen molar-refractivity contribution in [1.29, 1.82) is 0 Å². The number of furan rings is 1. The predicted molar refractivity (Wildman–Crippen MR) is 65.4 cm³/mol. The first kappa shape index (κ1) is 13.3. The molecule has 92 valence electrons. The molecule has 0 saturated carbocycles. The number of hydrogen-bond donors (Lipinski definition) is 2. The van der Waals surface area contributed by atoms with Gasteiger partial charge >= 0.3 is 0 Å². The van der Waals surface area contributed by atoms with Gasteiger partial charge in [0.1, 0.15) is 11.5 Å². The van der Waals surface area contributed by atoms with Crippen molar-refractivity contribution in [1.82, 2.24) is 5.32 Å². The van der Waals surface area contributed by atoms with Gasteiger partial charge in [0.2, 0.25) is 0 Å². The average molecular weight is 225 g/mol. The Bertz CT molecular complexity index is 320. The SMILES string of the molecule is CCC(C)C(O)CNCc1cc(C)oc1C. The van der Waals surface area contributed by atoms with Crippen molar-refractivity contribution in [3.05, 3.63) is 23.2 Å². The Morgan fingerprint density at radius 2 is 2.12 bits per heavy atom. The molecule has 0 radical (unpaired) electrons. The molecule has 0 saturated heterocycles. The minimum Gasteiger partial charge on any atom is -0.466 e. The maximum atomic E-state index is 9.78. The standard InChI is InChI=1S/C13H23NO2/c1-5-9(2)13(15)8-14-7-12-6-10(3)16-11(12)4/h6,9,13-15H,5,7-8H2,1-4H3. The van der Waals surface area contributed by atoms with E-state index in [9.17, 15) is 5.11 Å². The summed E-state index contributed by atoms with van der Waals surface area (Å²) in [7, 11) is 0. The van der Waals surface area contributed by atoms with E-state index in [2.05, 4.69) is 19.2 Å². The summed E-state index contributed by atoms with van der Waals surface area (Å²) in [6, 6.07) is 2.04. The number of aryl methyl sites for hydroxylation is 2. The summed E-state index contributed by atoms with van der Waals surface area (Å²) in [6.45, 7) is 9.48. The van der Waals surface area contributed by atoms with Crippen LogP contribution in [0.2, 0.25) is 0 Å². The van der Waals surface area contributed by atoms with Gasteiger partial charge in [0, 0.05) is 18.7 Å². The number of hydrogen-bond acceptors (Lipinski definition) is 3. The molecular weight excluding hydrogens is 202 g/mol. The van der Waals surface area contributed by atoms with Gasteiger partial charge in [-0.05, 0) is 25.8 Å². The normalized spacial score (nSPS) is 15.1. The highest BCUT2D eigenvalue weighted by Gasteiger charge is 2.12. The molecule has 0 aliphatic carbocycles. The predicted octanol–water partition coefficient (Wildman–Crippen LogP) is 2.39. The highest BCUT2D eigenvalue weighted by Crippen LogP contribution is 2.13. The van der Waals surface area contributed by atoms with E-state index in [4.69, 9.17) is 4.42 Å². The lowest BCUT2D eigenvalue weighted by molar-refractivity contribution is 0.112. The van der Waals surface area contributed by atoms with Gasteiger partial charge in [0.25, 0.3) is 0 Å². The molecule has 0 fully saturated rings. The summed E-state index contributed by atoms with van der Waals surface area (Å²) >= 11 is 0. The first-order chi connectivity index (χ1) is 7.54. The van der Waals surface area contributed by atoms with Gasteiger partial charge < -0.3 is 14.8 Å². The second-order valence-corrected chi connectivity index (χ2v) is 4.52. The molecule has 2 unspecified atom stereocenters. The number of nitrogens with one attached hydrogen (secondary N) is 1. The van der Waals surface area contributed by atoms with Crippen molar-refractivity contribution in [3.8, 4) is 0 Å². The Balaban J connectivity index is 2.33. The maximum Gasteiger partial charge on any atom is 0.105 e. The third kappa shape index (κ3) is 3.65. The zero-order valence-electron chi connectivity index (χ0n) is 10.7. The van der Waals surface area contributed by atoms with Crippen LogP contribution in [0.5, 0.6) is 0 Å². The molecule has 0 bridgehead atoms. The number of rotatable bonds is 6. The van der Waals surface area contributed by atoms with Crippen LogP contribution in [-0.2, 0) is 6.54 Å². The Hall–Kier alpha value is -0.800. The lowest BCUT2D eigenvalue weighted by Gasteiger charge is -2.17. The van der Waals surface area contributed by atoms with Gasteiger partial charge in [-0.1, -0.05) is 20.3 Å². The molecule has 0 aliphatic rings. The van der Waals surface area contributed by atoms with E-state index < -0.39 is 0 Å². The van der Waals surface area contributed by atoms with E-state index in [1.807, 2.05) is 19.9 Å². The molecule has 1 aromatic rings. The molecule has 16 heavy (non-hydrogen) atoms. The summed E-state index contributed by atoms with van der Waals surface area (Å²) in [5.74, 6) is 2.25. The molecule has 0 spiro atoms. The van der Waals surface area contributed by atoms with Crippen molar-refractivity contribution in [2.75, 3.05) is 6.54 Å². The van der Waals surface area contributed by atoms with Gasteiger partial charge in [0.05, 0.1) is 6.10 Å². The van der Waals surface area contributed by atoms with Crippen LogP contribution < -0.4 is 5.32 Å². The summed E-state index contributed by atoms with van der Waals surface area (Å²) in [4.78, 5) is 0. The largest absolute Gasteiger partial charge is 0.466 e. The van der Waals surface area contributed by atoms with Crippen LogP contribution in [0.15, 0.2) is 10.5 Å². The molecule has 2 atom stereocenters. The van der Waals surface area contributed by atoms with Crippen LogP contribution in [-0.4, -0.2) is 17.8 Å². The van der Waals surface area contributed by atoms with Crippen molar-refractivity contribution < 1.29 is 9.52 Å². The smallest absolute Gasteiger partial charge is 0.105 e. The second-order valence-electron chi connectivity index (χ2n) is 4.52. The molecule has 3 nitrogen and oxygen atoms in total. The zero-order chi connectivity index (χ0) is 12.1. The van der Waals surface area contributed by atoms with Crippen LogP contribution in [0.25, 0.3) is 0 Å². The Morgan fingerprint density at radius 1 is 1.44 bits per heavy atom. The fourth-order valence-electron chi connectivity index (χ4n) is 1.69. The van der Waals surface area contributed by atoms with Gasteiger partial charge in [-0.3, -0.25) is 0 Å². The van der Waals surface area contributed by atoms with Gasteiger partial charge in [-0.25, -0.2) is 0 Å². The average Bonchev–Trinajstić information content (AvgIpc) is 2.56. The van der Waals surface area contributed by atoms with Gasteiger partial charge in [0.15, 0.2) is 0 Å². The molecule has 0 amide bonds. The highest BCUT2D eigenvalue weighted by atomic mass is 16.3. The lowest BCUT2D eigenvalue weighted by Crippen LogP contribution is -2.31. The summed E-state index contributed by atoms with van der Waals surface area (Å²) in [6.07, 6.45) is 0.741. The topological polar surface area (TPSA) is 45.4 Å². The number of aliphatic hydroxyl groups excluding tert-OH is 1. The van der Waals surface area contributed by atoms with Crippen molar-refractivity contribution in [3.63, 3.8) is 0 Å². The second kappa shape index (κ2) is 6.06. The molecule has 0 aromatic carbocycles. The Kier molecular flexibility index (Phi) is 5.03. The Morgan fingerprint density at radius 3 is 2.62 bits per heavy atom. The van der Waals surface area contributed by atoms with Crippen LogP contribution in [0.3, 0.4) is 0 Å². The van der Waals surface area contributed by atoms with E-state index in [0.717, 1.165) is 24.5 Å². The van der Waals surface area contributed by atoms with Gasteiger partial charge in [-0.15, -0.1) is 0 Å². The monoisotopic (exact) mass is 225 g/mol. The third-order valence-corrected chi connectivity index (χ3v) is 3.11. The molecule has 2 N–H and O–H groups in total. The van der Waals surface area contributed by atoms with Crippen LogP contribution in [0.1, 0.15) is 37.4 Å². The first-order valence-corrected chi connectivity index (χ1v) is 5.99. The molecule has 3 heteroatoms. The fraction of sp³-hybridized carbons (Fsp3) is 0.692.